The Labute approximate surface area is 119 Å². The summed E-state index contributed by atoms with van der Waals surface area (Å²) in [7, 11) is -3.40. The van der Waals surface area contributed by atoms with Crippen LogP contribution in [0.15, 0.2) is 27.9 Å². The first-order valence-electron chi connectivity index (χ1n) is 5.37. The van der Waals surface area contributed by atoms with Crippen LogP contribution in [0, 0.1) is 6.92 Å². The van der Waals surface area contributed by atoms with Crippen molar-refractivity contribution in [3.8, 4) is 11.4 Å². The Morgan fingerprint density at radius 2 is 1.95 bits per heavy atom. The molecule has 1 N–H and O–H groups in total. The zero-order chi connectivity index (χ0) is 15.1. The largest absolute Gasteiger partial charge is 0.423 e. The predicted octanol–water partition coefficient (Wildman–Crippen LogP) is 0.908. The third kappa shape index (κ3) is 2.52. The van der Waals surface area contributed by atoms with Crippen molar-refractivity contribution in [3.05, 3.63) is 39.3 Å². The quantitative estimate of drug-likeness (QED) is 0.826. The summed E-state index contributed by atoms with van der Waals surface area (Å²) >= 11 is 5.98. The monoisotopic (exact) mass is 315 g/mol. The van der Waals surface area contributed by atoms with Gasteiger partial charge in [-0.05, 0) is 25.1 Å². The van der Waals surface area contributed by atoms with Crippen LogP contribution in [-0.4, -0.2) is 34.8 Å². The normalized spacial score (nSPS) is 11.6. The maximum Gasteiger partial charge on any atom is 0.308 e. The van der Waals surface area contributed by atoms with Crippen molar-refractivity contribution in [2.45, 2.75) is 11.8 Å². The third-order valence-electron chi connectivity index (χ3n) is 2.61. The van der Waals surface area contributed by atoms with Crippen molar-refractivity contribution in [2.24, 2.45) is 0 Å². The van der Waals surface area contributed by atoms with Gasteiger partial charge in [0.1, 0.15) is 5.69 Å². The first-order chi connectivity index (χ1) is 9.21. The van der Waals surface area contributed by atoms with Crippen LogP contribution >= 0.6 is 11.6 Å². The number of aryl methyl sites for hydroxylation is 1. The number of halogens is 1. The van der Waals surface area contributed by atoms with Gasteiger partial charge in [0.15, 0.2) is 9.84 Å². The molecule has 0 amide bonds. The van der Waals surface area contributed by atoms with Crippen molar-refractivity contribution in [1.29, 1.82) is 0 Å². The summed E-state index contributed by atoms with van der Waals surface area (Å²) in [5.74, 6) is -0.161. The van der Waals surface area contributed by atoms with E-state index in [0.29, 0.717) is 4.73 Å². The molecule has 0 unspecified atom stereocenters. The number of benzene rings is 1. The van der Waals surface area contributed by atoms with Gasteiger partial charge in [0, 0.05) is 11.8 Å². The second-order valence-electron chi connectivity index (χ2n) is 4.14. The maximum atomic E-state index is 11.6. The van der Waals surface area contributed by atoms with Crippen molar-refractivity contribution in [3.63, 3.8) is 0 Å². The van der Waals surface area contributed by atoms with Crippen LogP contribution in [0.2, 0.25) is 5.02 Å². The molecule has 2 aromatic rings. The van der Waals surface area contributed by atoms with E-state index in [-0.39, 0.29) is 27.0 Å². The summed E-state index contributed by atoms with van der Waals surface area (Å²) in [6.45, 7) is 1.40. The molecule has 1 aromatic heterocycles. The molecule has 0 spiro atoms. The molecule has 9 heteroatoms. The van der Waals surface area contributed by atoms with Gasteiger partial charge in [-0.1, -0.05) is 11.6 Å². The molecule has 0 saturated heterocycles. The van der Waals surface area contributed by atoms with E-state index in [1.165, 1.54) is 25.1 Å². The van der Waals surface area contributed by atoms with Gasteiger partial charge in [0.05, 0.1) is 9.92 Å². The van der Waals surface area contributed by atoms with Crippen molar-refractivity contribution in [1.82, 2.24) is 14.9 Å². The number of hydrogen-bond acceptors (Lipinski definition) is 6. The minimum atomic E-state index is -3.40. The molecule has 20 heavy (non-hydrogen) atoms. The standard InChI is InChI=1S/C11H10ClN3O4S/c1-6-11(16)15(17)10(14-13-6)8-4-3-7(5-9(8)12)20(2,18)19/h3-5,17H,1-2H3. The fraction of sp³-hybridized carbons (Fsp3) is 0.182. The average molecular weight is 316 g/mol. The minimum absolute atomic E-state index is 0.0261. The average Bonchev–Trinajstić information content (AvgIpc) is 2.36. The Morgan fingerprint density at radius 1 is 1.30 bits per heavy atom. The molecule has 0 radical (unpaired) electrons. The van der Waals surface area contributed by atoms with Gasteiger partial charge in [-0.2, -0.15) is 0 Å². The Morgan fingerprint density at radius 3 is 2.50 bits per heavy atom. The highest BCUT2D eigenvalue weighted by Crippen LogP contribution is 2.27. The first kappa shape index (κ1) is 14.5. The van der Waals surface area contributed by atoms with Crippen LogP contribution in [0.25, 0.3) is 11.4 Å². The van der Waals surface area contributed by atoms with Gasteiger partial charge in [0.2, 0.25) is 5.82 Å². The molecule has 0 bridgehead atoms. The lowest BCUT2D eigenvalue weighted by Crippen LogP contribution is -2.24. The van der Waals surface area contributed by atoms with Gasteiger partial charge in [-0.15, -0.1) is 14.9 Å². The van der Waals surface area contributed by atoms with Gasteiger partial charge >= 0.3 is 5.56 Å². The summed E-state index contributed by atoms with van der Waals surface area (Å²) < 4.78 is 23.1. The minimum Gasteiger partial charge on any atom is -0.423 e. The van der Waals surface area contributed by atoms with E-state index < -0.39 is 15.4 Å². The van der Waals surface area contributed by atoms with Crippen molar-refractivity contribution in [2.75, 3.05) is 6.26 Å². The van der Waals surface area contributed by atoms with Crippen LogP contribution in [0.3, 0.4) is 0 Å². The molecule has 0 aliphatic heterocycles. The highest BCUT2D eigenvalue weighted by Gasteiger charge is 2.16. The molecule has 0 aliphatic carbocycles. The van der Waals surface area contributed by atoms with Crippen molar-refractivity contribution >= 4 is 21.4 Å². The van der Waals surface area contributed by atoms with E-state index in [0.717, 1.165) is 6.26 Å². The molecular formula is C11H10ClN3O4S. The zero-order valence-corrected chi connectivity index (χ0v) is 12.1. The number of rotatable bonds is 2. The van der Waals surface area contributed by atoms with Crippen LogP contribution in [0.1, 0.15) is 5.69 Å². The summed E-state index contributed by atoms with van der Waals surface area (Å²) in [5, 5.41) is 17.0. The predicted molar refractivity (Wildman–Crippen MR) is 71.8 cm³/mol. The molecule has 0 atom stereocenters. The summed E-state index contributed by atoms with van der Waals surface area (Å²) in [5.41, 5.74) is -0.496. The fourth-order valence-corrected chi connectivity index (χ4v) is 2.51. The number of hydrogen-bond donors (Lipinski definition) is 1. The molecule has 1 heterocycles. The van der Waals surface area contributed by atoms with Crippen LogP contribution in [-0.2, 0) is 9.84 Å². The van der Waals surface area contributed by atoms with Gasteiger partial charge in [0.25, 0.3) is 0 Å². The van der Waals surface area contributed by atoms with Crippen LogP contribution < -0.4 is 5.56 Å². The van der Waals surface area contributed by atoms with Gasteiger partial charge < -0.3 is 5.21 Å². The van der Waals surface area contributed by atoms with E-state index >= 15 is 0 Å². The maximum absolute atomic E-state index is 11.6. The summed E-state index contributed by atoms with van der Waals surface area (Å²) in [6.07, 6.45) is 1.05. The Hall–Kier alpha value is -1.93. The Bertz CT molecular complexity index is 845. The zero-order valence-electron chi connectivity index (χ0n) is 10.5. The Kier molecular flexibility index (Phi) is 3.53. The molecule has 7 nitrogen and oxygen atoms in total. The van der Waals surface area contributed by atoms with Crippen LogP contribution in [0.5, 0.6) is 0 Å². The van der Waals surface area contributed by atoms with E-state index in [1.54, 1.807) is 0 Å². The molecular weight excluding hydrogens is 306 g/mol. The number of aromatic nitrogens is 3. The molecule has 0 aliphatic rings. The van der Waals surface area contributed by atoms with E-state index in [9.17, 15) is 18.4 Å². The molecule has 1 aromatic carbocycles. The molecule has 2 rings (SSSR count). The molecule has 0 fully saturated rings. The SMILES string of the molecule is Cc1nnc(-c2ccc(S(C)(=O)=O)cc2Cl)n(O)c1=O. The summed E-state index contributed by atoms with van der Waals surface area (Å²) in [6, 6.07) is 3.88. The topological polar surface area (TPSA) is 102 Å². The summed E-state index contributed by atoms with van der Waals surface area (Å²) in [4.78, 5) is 11.6. The lowest BCUT2D eigenvalue weighted by atomic mass is 10.2. The molecule has 106 valence electrons. The second kappa shape index (κ2) is 4.88. The first-order valence-corrected chi connectivity index (χ1v) is 7.64. The number of sulfone groups is 1. The van der Waals surface area contributed by atoms with Crippen LogP contribution in [0.4, 0.5) is 0 Å². The highest BCUT2D eigenvalue weighted by atomic mass is 35.5. The Balaban J connectivity index is 2.67. The van der Waals surface area contributed by atoms with E-state index in [2.05, 4.69) is 10.2 Å². The van der Waals surface area contributed by atoms with Crippen molar-refractivity contribution < 1.29 is 13.6 Å². The van der Waals surface area contributed by atoms with E-state index in [4.69, 9.17) is 11.6 Å². The smallest absolute Gasteiger partial charge is 0.308 e. The highest BCUT2D eigenvalue weighted by molar-refractivity contribution is 7.90. The van der Waals surface area contributed by atoms with E-state index in [1.807, 2.05) is 0 Å². The third-order valence-corrected chi connectivity index (χ3v) is 4.03. The van der Waals surface area contributed by atoms with Gasteiger partial charge in [-0.25, -0.2) is 8.42 Å². The number of nitrogens with zero attached hydrogens (tertiary/aromatic N) is 3. The van der Waals surface area contributed by atoms with Gasteiger partial charge in [-0.3, -0.25) is 4.79 Å². The molecule has 0 saturated carbocycles. The lowest BCUT2D eigenvalue weighted by molar-refractivity contribution is 0.173. The fourth-order valence-electron chi connectivity index (χ4n) is 1.53. The lowest BCUT2D eigenvalue weighted by Gasteiger charge is -2.08. The second-order valence-corrected chi connectivity index (χ2v) is 6.56.